The normalized spacial score (nSPS) is 13.6. The first kappa shape index (κ1) is 20.8. The van der Waals surface area contributed by atoms with Gasteiger partial charge in [0.2, 0.25) is 0 Å². The van der Waals surface area contributed by atoms with Crippen molar-refractivity contribution in [2.75, 3.05) is 12.0 Å². The van der Waals surface area contributed by atoms with Crippen molar-refractivity contribution in [2.45, 2.75) is 19.3 Å². The Bertz CT molecular complexity index is 1160. The summed E-state index contributed by atoms with van der Waals surface area (Å²) in [6, 6.07) is 9.35. The molecule has 2 aromatic carbocycles. The summed E-state index contributed by atoms with van der Waals surface area (Å²) in [6.07, 6.45) is -3.14. The van der Waals surface area contributed by atoms with Gasteiger partial charge in [0, 0.05) is 17.2 Å². The molecular formula is C20H19F3N5O3+. The third kappa shape index (κ3) is 3.51. The van der Waals surface area contributed by atoms with Crippen LogP contribution in [0.2, 0.25) is 0 Å². The number of aryl methyl sites for hydroxylation is 1. The lowest BCUT2D eigenvalue weighted by Crippen LogP contribution is -2.29. The van der Waals surface area contributed by atoms with Gasteiger partial charge in [-0.05, 0) is 40.1 Å². The van der Waals surface area contributed by atoms with Crippen LogP contribution in [-0.2, 0) is 31.2 Å². The molecule has 3 aromatic rings. The number of carbonyl (C=O) groups is 1. The Hall–Kier alpha value is -3.44. The number of rotatable bonds is 5. The highest BCUT2D eigenvalue weighted by atomic mass is 19.4. The van der Waals surface area contributed by atoms with Gasteiger partial charge < -0.3 is 10.6 Å². The van der Waals surface area contributed by atoms with E-state index < -0.39 is 17.6 Å². The first-order valence-corrected chi connectivity index (χ1v) is 9.25. The van der Waals surface area contributed by atoms with E-state index in [2.05, 4.69) is 5.10 Å². The van der Waals surface area contributed by atoms with Crippen molar-refractivity contribution in [1.29, 1.82) is 0 Å². The number of para-hydroxylation sites is 2. The van der Waals surface area contributed by atoms with Gasteiger partial charge in [-0.25, -0.2) is 0 Å². The second-order valence-electron chi connectivity index (χ2n) is 6.94. The van der Waals surface area contributed by atoms with Crippen molar-refractivity contribution in [3.05, 3.63) is 65.0 Å². The minimum Gasteiger partial charge on any atom is -0.326 e. The van der Waals surface area contributed by atoms with Crippen LogP contribution in [0.5, 0.6) is 6.01 Å². The number of hydrogen-bond acceptors (Lipinski definition) is 5. The SMILES string of the molecule is COOc1n(-c2ccccc2N2Cc3c(cc(CN)cc3C(F)(F)F)C2=O)nc[n+]1C. The molecule has 0 spiro atoms. The minimum atomic E-state index is -4.61. The summed E-state index contributed by atoms with van der Waals surface area (Å²) in [7, 11) is 3.01. The first-order valence-electron chi connectivity index (χ1n) is 9.25. The molecule has 11 heteroatoms. The standard InChI is InChI=1S/C20H19F3N5O3/c1-26-11-25-28(19(26)31-30-2)17-6-4-3-5-16(17)27-10-14-13(18(27)29)7-12(9-24)8-15(14)20(21,22)23/h3-8,11H,9-10,24H2,1-2H3/q+1. The number of nitrogens with zero attached hydrogens (tertiary/aromatic N) is 4. The van der Waals surface area contributed by atoms with E-state index in [1.807, 2.05) is 0 Å². The van der Waals surface area contributed by atoms with Gasteiger partial charge in [0.15, 0.2) is 5.69 Å². The van der Waals surface area contributed by atoms with Crippen LogP contribution in [0.3, 0.4) is 0 Å². The molecule has 0 aliphatic carbocycles. The fourth-order valence-electron chi connectivity index (χ4n) is 3.62. The molecule has 1 amide bonds. The van der Waals surface area contributed by atoms with E-state index >= 15 is 0 Å². The number of carbonyl (C=O) groups excluding carboxylic acids is 1. The van der Waals surface area contributed by atoms with Crippen LogP contribution in [-0.4, -0.2) is 22.8 Å². The molecule has 0 bridgehead atoms. The smallest absolute Gasteiger partial charge is 0.326 e. The lowest BCUT2D eigenvalue weighted by Gasteiger charge is -2.18. The Labute approximate surface area is 175 Å². The van der Waals surface area contributed by atoms with E-state index in [1.54, 1.807) is 35.9 Å². The Balaban J connectivity index is 1.84. The van der Waals surface area contributed by atoms with Crippen molar-refractivity contribution < 1.29 is 32.3 Å². The number of benzene rings is 2. The monoisotopic (exact) mass is 434 g/mol. The van der Waals surface area contributed by atoms with Crippen LogP contribution >= 0.6 is 0 Å². The number of hydrogen-bond donors (Lipinski definition) is 1. The molecular weight excluding hydrogens is 415 g/mol. The zero-order chi connectivity index (χ0) is 22.3. The second kappa shape index (κ2) is 7.67. The number of fused-ring (bicyclic) bond motifs is 1. The number of amides is 1. The molecule has 0 fully saturated rings. The van der Waals surface area contributed by atoms with E-state index in [-0.39, 0.29) is 35.8 Å². The lowest BCUT2D eigenvalue weighted by molar-refractivity contribution is -0.685. The Morgan fingerprint density at radius 2 is 1.94 bits per heavy atom. The van der Waals surface area contributed by atoms with E-state index in [9.17, 15) is 18.0 Å². The van der Waals surface area contributed by atoms with Crippen LogP contribution in [0.1, 0.15) is 27.0 Å². The molecule has 1 aliphatic rings. The quantitative estimate of drug-likeness (QED) is 0.378. The molecule has 0 saturated heterocycles. The summed E-state index contributed by atoms with van der Waals surface area (Å²) in [6.45, 7) is -0.347. The van der Waals surface area contributed by atoms with Crippen molar-refractivity contribution >= 4 is 11.6 Å². The van der Waals surface area contributed by atoms with Gasteiger partial charge >= 0.3 is 12.2 Å². The summed E-state index contributed by atoms with van der Waals surface area (Å²) >= 11 is 0. The van der Waals surface area contributed by atoms with E-state index in [0.717, 1.165) is 6.07 Å². The van der Waals surface area contributed by atoms with Crippen molar-refractivity contribution in [3.8, 4) is 11.7 Å². The van der Waals surface area contributed by atoms with Gasteiger partial charge in [-0.3, -0.25) is 9.68 Å². The molecule has 2 N–H and O–H groups in total. The summed E-state index contributed by atoms with van der Waals surface area (Å²) in [5, 5.41) is 4.24. The average molecular weight is 434 g/mol. The van der Waals surface area contributed by atoms with Gasteiger partial charge in [-0.1, -0.05) is 12.1 Å². The average Bonchev–Trinajstić information content (AvgIpc) is 3.27. The highest BCUT2D eigenvalue weighted by Gasteiger charge is 2.41. The second-order valence-corrected chi connectivity index (χ2v) is 6.94. The molecule has 0 radical (unpaired) electrons. The zero-order valence-electron chi connectivity index (χ0n) is 16.7. The molecule has 162 valence electrons. The Kier molecular flexibility index (Phi) is 5.15. The van der Waals surface area contributed by atoms with E-state index in [4.69, 9.17) is 15.5 Å². The molecule has 1 aliphatic heterocycles. The number of alkyl halides is 3. The largest absolute Gasteiger partial charge is 0.468 e. The fourth-order valence-corrected chi connectivity index (χ4v) is 3.62. The summed E-state index contributed by atoms with van der Waals surface area (Å²) in [5.74, 6) is -0.547. The number of nitrogens with two attached hydrogens (primary N) is 1. The zero-order valence-corrected chi connectivity index (χ0v) is 16.7. The van der Waals surface area contributed by atoms with Crippen LogP contribution < -0.4 is 20.1 Å². The molecule has 4 rings (SSSR count). The van der Waals surface area contributed by atoms with Crippen molar-refractivity contribution in [1.82, 2.24) is 9.78 Å². The molecule has 2 heterocycles. The number of aromatic nitrogens is 3. The van der Waals surface area contributed by atoms with Gasteiger partial charge in [0.1, 0.15) is 0 Å². The van der Waals surface area contributed by atoms with Crippen molar-refractivity contribution in [3.63, 3.8) is 0 Å². The molecule has 8 nitrogen and oxygen atoms in total. The van der Waals surface area contributed by atoms with Gasteiger partial charge in [-0.2, -0.15) is 22.6 Å². The van der Waals surface area contributed by atoms with Gasteiger partial charge in [-0.15, -0.1) is 0 Å². The maximum Gasteiger partial charge on any atom is 0.468 e. The topological polar surface area (TPSA) is 86.5 Å². The van der Waals surface area contributed by atoms with Crippen LogP contribution in [0.25, 0.3) is 5.69 Å². The molecule has 1 aromatic heterocycles. The van der Waals surface area contributed by atoms with Gasteiger partial charge in [0.25, 0.3) is 12.2 Å². The van der Waals surface area contributed by atoms with Crippen LogP contribution in [0.15, 0.2) is 42.7 Å². The predicted octanol–water partition coefficient (Wildman–Crippen LogP) is 2.27. The summed E-state index contributed by atoms with van der Waals surface area (Å²) < 4.78 is 44.0. The maximum atomic E-state index is 13.7. The summed E-state index contributed by atoms with van der Waals surface area (Å²) in [4.78, 5) is 24.4. The molecule has 0 atom stereocenters. The fraction of sp³-hybridized carbons (Fsp3) is 0.250. The van der Waals surface area contributed by atoms with Crippen molar-refractivity contribution in [2.24, 2.45) is 12.8 Å². The number of anilines is 1. The highest BCUT2D eigenvalue weighted by molar-refractivity contribution is 6.11. The Morgan fingerprint density at radius 3 is 2.58 bits per heavy atom. The molecule has 31 heavy (non-hydrogen) atoms. The number of halogens is 3. The molecule has 0 unspecified atom stereocenters. The Morgan fingerprint density at radius 1 is 1.23 bits per heavy atom. The maximum absolute atomic E-state index is 13.7. The highest BCUT2D eigenvalue weighted by Crippen LogP contribution is 2.40. The summed E-state index contributed by atoms with van der Waals surface area (Å²) in [5.41, 5.74) is 5.66. The lowest BCUT2D eigenvalue weighted by atomic mass is 9.99. The van der Waals surface area contributed by atoms with Crippen LogP contribution in [0.4, 0.5) is 18.9 Å². The van der Waals surface area contributed by atoms with Crippen LogP contribution in [0, 0.1) is 0 Å². The first-order chi connectivity index (χ1) is 14.8. The van der Waals surface area contributed by atoms with Gasteiger partial charge in [0.05, 0.1) is 32.0 Å². The van der Waals surface area contributed by atoms with E-state index in [1.165, 1.54) is 29.1 Å². The predicted molar refractivity (Wildman–Crippen MR) is 102 cm³/mol. The third-order valence-corrected chi connectivity index (χ3v) is 5.02. The minimum absolute atomic E-state index is 0.00976. The third-order valence-electron chi connectivity index (χ3n) is 5.02. The molecule has 0 saturated carbocycles. The van der Waals surface area contributed by atoms with E-state index in [0.29, 0.717) is 11.4 Å².